The summed E-state index contributed by atoms with van der Waals surface area (Å²) >= 11 is 0. The van der Waals surface area contributed by atoms with Gasteiger partial charge in [-0.05, 0) is 31.4 Å². The van der Waals surface area contributed by atoms with Gasteiger partial charge in [0.1, 0.15) is 17.3 Å². The van der Waals surface area contributed by atoms with E-state index in [2.05, 4.69) is 5.32 Å². The van der Waals surface area contributed by atoms with Crippen molar-refractivity contribution >= 4 is 11.7 Å². The lowest BCUT2D eigenvalue weighted by Crippen LogP contribution is -2.36. The van der Waals surface area contributed by atoms with E-state index in [-0.39, 0.29) is 11.2 Å². The van der Waals surface area contributed by atoms with Gasteiger partial charge in [-0.15, -0.1) is 0 Å². The Morgan fingerprint density at radius 3 is 1.89 bits per heavy atom. The molecule has 0 unspecified atom stereocenters. The summed E-state index contributed by atoms with van der Waals surface area (Å²) in [6.07, 6.45) is 2.17. The van der Waals surface area contributed by atoms with Crippen molar-refractivity contribution in [2.75, 3.05) is 5.32 Å². The minimum Gasteiger partial charge on any atom is -0.478 e. The predicted octanol–water partition coefficient (Wildman–Crippen LogP) is 4.04. The van der Waals surface area contributed by atoms with Crippen LogP contribution in [0.25, 0.3) is 0 Å². The number of carboxylic acids is 1. The Hall–Kier alpha value is -1.65. The van der Waals surface area contributed by atoms with Crippen molar-refractivity contribution in [1.82, 2.24) is 0 Å². The molecule has 0 aliphatic carbocycles. The van der Waals surface area contributed by atoms with Crippen molar-refractivity contribution < 1.29 is 18.7 Å². The second-order valence-electron chi connectivity index (χ2n) is 4.59. The highest BCUT2D eigenvalue weighted by atomic mass is 19.1. The van der Waals surface area contributed by atoms with Gasteiger partial charge < -0.3 is 10.4 Å². The Labute approximate surface area is 111 Å². The molecule has 19 heavy (non-hydrogen) atoms. The van der Waals surface area contributed by atoms with Gasteiger partial charge in [0.15, 0.2) is 0 Å². The van der Waals surface area contributed by atoms with E-state index in [9.17, 15) is 13.6 Å². The van der Waals surface area contributed by atoms with Crippen molar-refractivity contribution in [2.24, 2.45) is 0 Å². The van der Waals surface area contributed by atoms with Crippen molar-refractivity contribution in [3.05, 3.63) is 29.3 Å². The Morgan fingerprint density at radius 1 is 1.16 bits per heavy atom. The molecule has 2 N–H and O–H groups in total. The number of hydrogen-bond acceptors (Lipinski definition) is 2. The molecular weight excluding hydrogens is 252 g/mol. The molecule has 5 heteroatoms. The molecule has 1 rings (SSSR count). The number of hydrogen-bond donors (Lipinski definition) is 2. The molecule has 106 valence electrons. The first-order valence-electron chi connectivity index (χ1n) is 6.39. The molecule has 0 saturated heterocycles. The molecule has 1 aromatic rings. The van der Waals surface area contributed by atoms with Crippen LogP contribution in [0.3, 0.4) is 0 Å². The summed E-state index contributed by atoms with van der Waals surface area (Å²) in [6.45, 7) is 5.84. The number of aromatic carboxylic acids is 1. The molecule has 0 saturated carbocycles. The van der Waals surface area contributed by atoms with E-state index in [4.69, 9.17) is 5.11 Å². The summed E-state index contributed by atoms with van der Waals surface area (Å²) in [4.78, 5) is 10.7. The van der Waals surface area contributed by atoms with Crippen LogP contribution in [0.2, 0.25) is 0 Å². The SMILES string of the molecule is CCC(CC)(CC)Nc1c(F)cc(C(=O)O)cc1F. The Morgan fingerprint density at radius 2 is 1.58 bits per heavy atom. The van der Waals surface area contributed by atoms with Crippen LogP contribution in [0.4, 0.5) is 14.5 Å². The summed E-state index contributed by atoms with van der Waals surface area (Å²) < 4.78 is 27.7. The van der Waals surface area contributed by atoms with Crippen LogP contribution in [-0.2, 0) is 0 Å². The molecule has 0 bridgehead atoms. The Bertz CT molecular complexity index is 439. The number of benzene rings is 1. The van der Waals surface area contributed by atoms with E-state index in [1.807, 2.05) is 20.8 Å². The normalized spacial score (nSPS) is 11.4. The zero-order valence-electron chi connectivity index (χ0n) is 11.4. The molecule has 0 aromatic heterocycles. The Balaban J connectivity index is 3.18. The number of rotatable bonds is 6. The highest BCUT2D eigenvalue weighted by molar-refractivity contribution is 5.88. The third kappa shape index (κ3) is 3.22. The molecule has 0 fully saturated rings. The summed E-state index contributed by atoms with van der Waals surface area (Å²) in [5.41, 5.74) is -1.03. The van der Waals surface area contributed by atoms with Gasteiger partial charge in [-0.3, -0.25) is 0 Å². The lowest BCUT2D eigenvalue weighted by Gasteiger charge is -2.33. The van der Waals surface area contributed by atoms with E-state index in [1.54, 1.807) is 0 Å². The van der Waals surface area contributed by atoms with Gasteiger partial charge in [-0.2, -0.15) is 0 Å². The summed E-state index contributed by atoms with van der Waals surface area (Å²) in [5.74, 6) is -3.11. The average Bonchev–Trinajstić information content (AvgIpc) is 2.39. The Kier molecular flexibility index (Phi) is 4.86. The molecule has 1 aromatic carbocycles. The fourth-order valence-corrected chi connectivity index (χ4v) is 2.10. The van der Waals surface area contributed by atoms with E-state index in [0.717, 1.165) is 31.4 Å². The summed E-state index contributed by atoms with van der Waals surface area (Å²) in [7, 11) is 0. The predicted molar refractivity (Wildman–Crippen MR) is 70.5 cm³/mol. The second kappa shape index (κ2) is 5.99. The third-order valence-corrected chi connectivity index (χ3v) is 3.71. The third-order valence-electron chi connectivity index (χ3n) is 3.71. The van der Waals surface area contributed by atoms with Crippen LogP contribution < -0.4 is 5.32 Å². The maximum atomic E-state index is 13.8. The van der Waals surface area contributed by atoms with Crippen LogP contribution in [0.5, 0.6) is 0 Å². The fourth-order valence-electron chi connectivity index (χ4n) is 2.10. The molecule has 0 spiro atoms. The summed E-state index contributed by atoms with van der Waals surface area (Å²) in [5, 5.41) is 11.6. The van der Waals surface area contributed by atoms with Crippen molar-refractivity contribution in [3.63, 3.8) is 0 Å². The lowest BCUT2D eigenvalue weighted by molar-refractivity contribution is 0.0696. The number of carboxylic acid groups (broad SMARTS) is 1. The largest absolute Gasteiger partial charge is 0.478 e. The quantitative estimate of drug-likeness (QED) is 0.820. The van der Waals surface area contributed by atoms with E-state index in [1.165, 1.54) is 0 Å². The van der Waals surface area contributed by atoms with Crippen LogP contribution in [0.15, 0.2) is 12.1 Å². The second-order valence-corrected chi connectivity index (χ2v) is 4.59. The first-order valence-corrected chi connectivity index (χ1v) is 6.39. The average molecular weight is 271 g/mol. The first-order chi connectivity index (χ1) is 8.89. The van der Waals surface area contributed by atoms with Crippen molar-refractivity contribution in [1.29, 1.82) is 0 Å². The van der Waals surface area contributed by atoms with Crippen molar-refractivity contribution in [3.8, 4) is 0 Å². The molecular formula is C14H19F2NO2. The molecule has 0 aliphatic rings. The van der Waals surface area contributed by atoms with Crippen molar-refractivity contribution in [2.45, 2.75) is 45.6 Å². The minimum atomic E-state index is -1.35. The molecule has 3 nitrogen and oxygen atoms in total. The monoisotopic (exact) mass is 271 g/mol. The van der Waals surface area contributed by atoms with Crippen LogP contribution in [-0.4, -0.2) is 16.6 Å². The zero-order valence-corrected chi connectivity index (χ0v) is 11.4. The van der Waals surface area contributed by atoms with Gasteiger partial charge >= 0.3 is 5.97 Å². The van der Waals surface area contributed by atoms with Gasteiger partial charge in [0.05, 0.1) is 5.56 Å². The van der Waals surface area contributed by atoms with Gasteiger partial charge in [-0.25, -0.2) is 13.6 Å². The molecule has 0 atom stereocenters. The first kappa shape index (κ1) is 15.4. The van der Waals surface area contributed by atoms with Gasteiger partial charge in [0, 0.05) is 5.54 Å². The number of halogens is 2. The van der Waals surface area contributed by atoms with E-state index >= 15 is 0 Å². The van der Waals surface area contributed by atoms with Crippen LogP contribution >= 0.6 is 0 Å². The van der Waals surface area contributed by atoms with Gasteiger partial charge in [0.2, 0.25) is 0 Å². The zero-order chi connectivity index (χ0) is 14.6. The topological polar surface area (TPSA) is 49.3 Å². The molecule has 0 amide bonds. The number of nitrogens with one attached hydrogen (secondary N) is 1. The maximum Gasteiger partial charge on any atom is 0.335 e. The fraction of sp³-hybridized carbons (Fsp3) is 0.500. The molecule has 0 aliphatic heterocycles. The highest BCUT2D eigenvalue weighted by Gasteiger charge is 2.26. The maximum absolute atomic E-state index is 13.8. The van der Waals surface area contributed by atoms with E-state index in [0.29, 0.717) is 0 Å². The molecule has 0 heterocycles. The van der Waals surface area contributed by atoms with Crippen LogP contribution in [0, 0.1) is 11.6 Å². The minimum absolute atomic E-state index is 0.254. The number of carbonyl (C=O) groups is 1. The van der Waals surface area contributed by atoms with Gasteiger partial charge in [0.25, 0.3) is 0 Å². The summed E-state index contributed by atoms with van der Waals surface area (Å²) in [6, 6.07) is 1.67. The highest BCUT2D eigenvalue weighted by Crippen LogP contribution is 2.29. The molecule has 0 radical (unpaired) electrons. The van der Waals surface area contributed by atoms with E-state index < -0.39 is 23.2 Å². The smallest absolute Gasteiger partial charge is 0.335 e. The van der Waals surface area contributed by atoms with Gasteiger partial charge in [-0.1, -0.05) is 20.8 Å². The lowest BCUT2D eigenvalue weighted by atomic mass is 9.89. The standard InChI is InChI=1S/C14H19F2NO2/c1-4-14(5-2,6-3)17-12-10(15)7-9(13(18)19)8-11(12)16/h7-8,17H,4-6H2,1-3H3,(H,18,19). The van der Waals surface area contributed by atoms with Crippen LogP contribution in [0.1, 0.15) is 50.4 Å². The number of anilines is 1.